The van der Waals surface area contributed by atoms with Crippen LogP contribution in [0.3, 0.4) is 0 Å². The van der Waals surface area contributed by atoms with Gasteiger partial charge in [0.2, 0.25) is 5.91 Å². The third-order valence-electron chi connectivity index (χ3n) is 3.81. The lowest BCUT2D eigenvalue weighted by molar-refractivity contribution is -0.116. The molecule has 1 aliphatic rings. The number of anilines is 2. The van der Waals surface area contributed by atoms with E-state index >= 15 is 0 Å². The number of nitrogens with one attached hydrogen (secondary N) is 1. The van der Waals surface area contributed by atoms with Gasteiger partial charge in [-0.15, -0.1) is 11.8 Å². The average molecular weight is 380 g/mol. The number of halogens is 1. The molecule has 1 aliphatic heterocycles. The minimum absolute atomic E-state index is 0.0109. The fourth-order valence-corrected chi connectivity index (χ4v) is 4.66. The summed E-state index contributed by atoms with van der Waals surface area (Å²) in [5.74, 6) is 0.0678. The van der Waals surface area contributed by atoms with Crippen molar-refractivity contribution in [2.75, 3.05) is 21.9 Å². The van der Waals surface area contributed by atoms with E-state index in [-0.39, 0.29) is 16.5 Å². The first-order valence-electron chi connectivity index (χ1n) is 7.71. The van der Waals surface area contributed by atoms with Crippen molar-refractivity contribution in [1.29, 1.82) is 0 Å². The Bertz CT molecular complexity index is 916. The Kier molecular flexibility index (Phi) is 5.01. The van der Waals surface area contributed by atoms with Gasteiger partial charge in [0.05, 0.1) is 16.3 Å². The first-order valence-corrected chi connectivity index (χ1v) is 10.2. The summed E-state index contributed by atoms with van der Waals surface area (Å²) in [4.78, 5) is 14.3. The molecule has 2 aromatic carbocycles. The molecule has 0 aromatic heterocycles. The van der Waals surface area contributed by atoms with Gasteiger partial charge in [0.1, 0.15) is 5.82 Å². The molecule has 0 radical (unpaired) electrons. The smallest absolute Gasteiger partial charge is 0.262 e. The summed E-state index contributed by atoms with van der Waals surface area (Å²) in [5.41, 5.74) is 0.460. The van der Waals surface area contributed by atoms with Crippen LogP contribution in [-0.2, 0) is 14.8 Å². The summed E-state index contributed by atoms with van der Waals surface area (Å²) < 4.78 is 41.2. The van der Waals surface area contributed by atoms with E-state index in [1.807, 2.05) is 0 Å². The maximum absolute atomic E-state index is 13.7. The number of benzene rings is 2. The fraction of sp³-hybridized carbons (Fsp3) is 0.235. The van der Waals surface area contributed by atoms with Crippen LogP contribution >= 0.6 is 11.8 Å². The number of carbonyl (C=O) groups is 1. The molecule has 0 bridgehead atoms. The molecule has 0 aliphatic carbocycles. The van der Waals surface area contributed by atoms with Crippen LogP contribution in [-0.4, -0.2) is 26.6 Å². The van der Waals surface area contributed by atoms with Gasteiger partial charge in [-0.2, -0.15) is 0 Å². The minimum atomic E-state index is -3.97. The summed E-state index contributed by atoms with van der Waals surface area (Å²) in [6.45, 7) is 2.00. The number of rotatable bonds is 3. The Morgan fingerprint density at radius 1 is 1.24 bits per heavy atom. The highest BCUT2D eigenvalue weighted by Crippen LogP contribution is 2.36. The molecule has 3 rings (SSSR count). The van der Waals surface area contributed by atoms with Gasteiger partial charge in [-0.05, 0) is 42.5 Å². The van der Waals surface area contributed by atoms with Crippen molar-refractivity contribution in [3.05, 3.63) is 48.3 Å². The topological polar surface area (TPSA) is 66.5 Å². The quantitative estimate of drug-likeness (QED) is 0.885. The Morgan fingerprint density at radius 3 is 2.72 bits per heavy atom. The van der Waals surface area contributed by atoms with Gasteiger partial charge in [0, 0.05) is 18.4 Å². The lowest BCUT2D eigenvalue weighted by Crippen LogP contribution is -2.29. The van der Waals surface area contributed by atoms with Crippen LogP contribution in [0.25, 0.3) is 0 Å². The number of thioether (sulfide) groups is 1. The number of para-hydroxylation sites is 1. The SMILES string of the molecule is CC(=O)N1CCCSc2ccc(S(=O)(=O)Nc3ccccc3F)cc21. The van der Waals surface area contributed by atoms with Crippen LogP contribution in [0.1, 0.15) is 13.3 Å². The third-order valence-corrected chi connectivity index (χ3v) is 6.33. The van der Waals surface area contributed by atoms with E-state index in [0.29, 0.717) is 12.2 Å². The van der Waals surface area contributed by atoms with E-state index in [1.54, 1.807) is 28.8 Å². The van der Waals surface area contributed by atoms with Gasteiger partial charge in [-0.3, -0.25) is 9.52 Å². The van der Waals surface area contributed by atoms with E-state index in [9.17, 15) is 17.6 Å². The van der Waals surface area contributed by atoms with Gasteiger partial charge < -0.3 is 4.90 Å². The fourth-order valence-electron chi connectivity index (χ4n) is 2.60. The number of hydrogen-bond acceptors (Lipinski definition) is 4. The molecule has 0 fully saturated rings. The zero-order valence-corrected chi connectivity index (χ0v) is 15.2. The van der Waals surface area contributed by atoms with E-state index in [1.165, 1.54) is 37.3 Å². The number of amides is 1. The van der Waals surface area contributed by atoms with Gasteiger partial charge in [-0.1, -0.05) is 12.1 Å². The van der Waals surface area contributed by atoms with E-state index in [4.69, 9.17) is 0 Å². The van der Waals surface area contributed by atoms with Gasteiger partial charge >= 0.3 is 0 Å². The van der Waals surface area contributed by atoms with Crippen LogP contribution in [0.15, 0.2) is 52.3 Å². The maximum atomic E-state index is 13.7. The van der Waals surface area contributed by atoms with E-state index < -0.39 is 15.8 Å². The van der Waals surface area contributed by atoms with Crippen LogP contribution < -0.4 is 9.62 Å². The molecule has 2 aromatic rings. The molecule has 0 spiro atoms. The van der Waals surface area contributed by atoms with Crippen molar-refractivity contribution in [2.45, 2.75) is 23.1 Å². The highest BCUT2D eigenvalue weighted by molar-refractivity contribution is 7.99. The zero-order valence-electron chi connectivity index (χ0n) is 13.5. The molecule has 0 atom stereocenters. The first-order chi connectivity index (χ1) is 11.9. The number of fused-ring (bicyclic) bond motifs is 1. The summed E-state index contributed by atoms with van der Waals surface area (Å²) in [6, 6.07) is 10.2. The van der Waals surface area contributed by atoms with Gasteiger partial charge in [0.25, 0.3) is 10.0 Å². The van der Waals surface area contributed by atoms with Crippen LogP contribution in [0.2, 0.25) is 0 Å². The number of carbonyl (C=O) groups excluding carboxylic acids is 1. The molecule has 25 heavy (non-hydrogen) atoms. The van der Waals surface area contributed by atoms with Crippen molar-refractivity contribution in [3.63, 3.8) is 0 Å². The summed E-state index contributed by atoms with van der Waals surface area (Å²) >= 11 is 1.59. The second-order valence-corrected chi connectivity index (χ2v) is 8.41. The second-order valence-electron chi connectivity index (χ2n) is 5.59. The summed E-state index contributed by atoms with van der Waals surface area (Å²) in [5, 5.41) is 0. The Hall–Kier alpha value is -2.06. The van der Waals surface area contributed by atoms with Crippen molar-refractivity contribution >= 4 is 39.1 Å². The standard InChI is InChI=1S/C17H17FN2O3S2/c1-12(21)20-9-4-10-24-17-8-7-13(11-16(17)20)25(22,23)19-15-6-3-2-5-14(15)18/h2-3,5-8,11,19H,4,9-10H2,1H3. The van der Waals surface area contributed by atoms with Gasteiger partial charge in [-0.25, -0.2) is 12.8 Å². The molecule has 8 heteroatoms. The molecular formula is C17H17FN2O3S2. The molecule has 1 N–H and O–H groups in total. The van der Waals surface area contributed by atoms with E-state index in [0.717, 1.165) is 17.1 Å². The molecule has 0 saturated heterocycles. The molecule has 1 amide bonds. The molecule has 132 valence electrons. The summed E-state index contributed by atoms with van der Waals surface area (Å²) in [6.07, 6.45) is 0.828. The number of nitrogens with zero attached hydrogens (tertiary/aromatic N) is 1. The lowest BCUT2D eigenvalue weighted by Gasteiger charge is -2.21. The molecule has 0 saturated carbocycles. The van der Waals surface area contributed by atoms with Crippen LogP contribution in [0, 0.1) is 5.82 Å². The first kappa shape index (κ1) is 17.8. The average Bonchev–Trinajstić information content (AvgIpc) is 2.78. The van der Waals surface area contributed by atoms with Gasteiger partial charge in [0.15, 0.2) is 0 Å². The Labute approximate surface area is 150 Å². The largest absolute Gasteiger partial charge is 0.311 e. The minimum Gasteiger partial charge on any atom is -0.311 e. The van der Waals surface area contributed by atoms with Crippen molar-refractivity contribution in [2.24, 2.45) is 0 Å². The second kappa shape index (κ2) is 7.05. The predicted octanol–water partition coefficient (Wildman–Crippen LogP) is 3.48. The van der Waals surface area contributed by atoms with Crippen LogP contribution in [0.5, 0.6) is 0 Å². The lowest BCUT2D eigenvalue weighted by atomic mass is 10.2. The zero-order chi connectivity index (χ0) is 18.0. The highest BCUT2D eigenvalue weighted by Gasteiger charge is 2.23. The molecule has 5 nitrogen and oxygen atoms in total. The van der Waals surface area contributed by atoms with Crippen molar-refractivity contribution < 1.29 is 17.6 Å². The predicted molar refractivity (Wildman–Crippen MR) is 97.0 cm³/mol. The normalized spacial score (nSPS) is 14.6. The maximum Gasteiger partial charge on any atom is 0.262 e. The third kappa shape index (κ3) is 3.80. The Morgan fingerprint density at radius 2 is 2.00 bits per heavy atom. The molecule has 0 unspecified atom stereocenters. The Balaban J connectivity index is 2.00. The molecular weight excluding hydrogens is 363 g/mol. The number of hydrogen-bond donors (Lipinski definition) is 1. The highest BCUT2D eigenvalue weighted by atomic mass is 32.2. The van der Waals surface area contributed by atoms with E-state index in [2.05, 4.69) is 4.72 Å². The number of sulfonamides is 1. The van der Waals surface area contributed by atoms with Crippen molar-refractivity contribution in [1.82, 2.24) is 0 Å². The summed E-state index contributed by atoms with van der Waals surface area (Å²) in [7, 11) is -3.97. The monoisotopic (exact) mass is 380 g/mol. The molecule has 1 heterocycles. The van der Waals surface area contributed by atoms with Crippen molar-refractivity contribution in [3.8, 4) is 0 Å². The van der Waals surface area contributed by atoms with Crippen LogP contribution in [0.4, 0.5) is 15.8 Å².